The zero-order chi connectivity index (χ0) is 23.6. The fourth-order valence-electron chi connectivity index (χ4n) is 4.16. The number of amides is 2. The number of ether oxygens (including phenoxy) is 3. The van der Waals surface area contributed by atoms with Crippen LogP contribution in [-0.2, 0) is 30.4 Å². The normalized spacial score (nSPS) is 25.4. The molecule has 2 amide bonds. The number of carbonyl (C=O) groups excluding carboxylic acids is 3. The molecule has 1 saturated heterocycles. The Kier molecular flexibility index (Phi) is 9.30. The standard InChI is InChI=1S/C25H34N2O6/c1-3-4-12-21-23(28)27-16-20(15-22(27)24(29)31-2)33-17-19-11-8-10-18(14-19)9-6-5-7-13-32-25(30)26-21/h6,8-11,14,20-22H,3-5,7,12-13,15-17H2,1-2H3,(H,26,30)/b9-6-/t20-,21+,22+/m1/s1. The van der Waals surface area contributed by atoms with Gasteiger partial charge in [-0.05, 0) is 36.5 Å². The number of fused-ring (bicyclic) bond motifs is 4. The molecule has 180 valence electrons. The van der Waals surface area contributed by atoms with Crippen LogP contribution in [0.4, 0.5) is 4.79 Å². The summed E-state index contributed by atoms with van der Waals surface area (Å²) in [5.74, 6) is -0.794. The van der Waals surface area contributed by atoms with Crippen LogP contribution in [0.25, 0.3) is 6.08 Å². The number of nitrogens with zero attached hydrogens (tertiary/aromatic N) is 1. The molecule has 8 nitrogen and oxygen atoms in total. The van der Waals surface area contributed by atoms with E-state index in [-0.39, 0.29) is 25.2 Å². The van der Waals surface area contributed by atoms with E-state index in [1.54, 1.807) is 0 Å². The molecule has 3 rings (SSSR count). The van der Waals surface area contributed by atoms with Crippen LogP contribution in [0, 0.1) is 0 Å². The van der Waals surface area contributed by atoms with Gasteiger partial charge in [0.05, 0.1) is 26.4 Å². The van der Waals surface area contributed by atoms with Gasteiger partial charge in [0.1, 0.15) is 12.1 Å². The Labute approximate surface area is 195 Å². The molecule has 33 heavy (non-hydrogen) atoms. The highest BCUT2D eigenvalue weighted by molar-refractivity contribution is 5.90. The molecule has 1 N–H and O–H groups in total. The fraction of sp³-hybridized carbons (Fsp3) is 0.560. The van der Waals surface area contributed by atoms with Crippen LogP contribution in [0.15, 0.2) is 30.3 Å². The number of rotatable bonds is 4. The molecule has 0 radical (unpaired) electrons. The lowest BCUT2D eigenvalue weighted by Gasteiger charge is -2.27. The van der Waals surface area contributed by atoms with Crippen molar-refractivity contribution < 1.29 is 28.6 Å². The van der Waals surface area contributed by atoms with Crippen molar-refractivity contribution in [2.24, 2.45) is 0 Å². The highest BCUT2D eigenvalue weighted by Gasteiger charge is 2.43. The average molecular weight is 459 g/mol. The summed E-state index contributed by atoms with van der Waals surface area (Å²) >= 11 is 0. The molecular weight excluding hydrogens is 424 g/mol. The lowest BCUT2D eigenvalue weighted by atomic mass is 10.1. The third kappa shape index (κ3) is 7.05. The Morgan fingerprint density at radius 1 is 1.30 bits per heavy atom. The summed E-state index contributed by atoms with van der Waals surface area (Å²) in [6, 6.07) is 6.53. The van der Waals surface area contributed by atoms with E-state index in [1.165, 1.54) is 12.0 Å². The van der Waals surface area contributed by atoms with Gasteiger partial charge >= 0.3 is 12.1 Å². The predicted octanol–water partition coefficient (Wildman–Crippen LogP) is 3.44. The third-order valence-electron chi connectivity index (χ3n) is 5.95. The topological polar surface area (TPSA) is 94.2 Å². The van der Waals surface area contributed by atoms with Crippen molar-refractivity contribution in [2.45, 2.75) is 70.2 Å². The number of hydrogen-bond donors (Lipinski definition) is 1. The zero-order valence-electron chi connectivity index (χ0n) is 19.5. The van der Waals surface area contributed by atoms with Crippen molar-refractivity contribution in [1.29, 1.82) is 0 Å². The summed E-state index contributed by atoms with van der Waals surface area (Å²) in [4.78, 5) is 39.7. The van der Waals surface area contributed by atoms with E-state index >= 15 is 0 Å². The second-order valence-corrected chi connectivity index (χ2v) is 8.46. The highest BCUT2D eigenvalue weighted by Crippen LogP contribution is 2.25. The molecule has 3 atom stereocenters. The van der Waals surface area contributed by atoms with Crippen molar-refractivity contribution >= 4 is 24.0 Å². The van der Waals surface area contributed by atoms with Crippen LogP contribution in [0.1, 0.15) is 56.6 Å². The fourth-order valence-corrected chi connectivity index (χ4v) is 4.16. The maximum Gasteiger partial charge on any atom is 0.407 e. The molecule has 1 aromatic rings. The molecule has 2 aliphatic rings. The van der Waals surface area contributed by atoms with E-state index in [1.807, 2.05) is 37.3 Å². The molecule has 0 aromatic heterocycles. The predicted molar refractivity (Wildman–Crippen MR) is 123 cm³/mol. The van der Waals surface area contributed by atoms with Gasteiger partial charge in [0.25, 0.3) is 0 Å². The molecular formula is C25H34N2O6. The average Bonchev–Trinajstić information content (AvgIpc) is 3.25. The maximum absolute atomic E-state index is 13.4. The Morgan fingerprint density at radius 3 is 2.94 bits per heavy atom. The summed E-state index contributed by atoms with van der Waals surface area (Å²) in [6.45, 7) is 2.92. The monoisotopic (exact) mass is 458 g/mol. The maximum atomic E-state index is 13.4. The summed E-state index contributed by atoms with van der Waals surface area (Å²) in [5, 5.41) is 2.71. The van der Waals surface area contributed by atoms with E-state index in [4.69, 9.17) is 14.2 Å². The van der Waals surface area contributed by atoms with Crippen molar-refractivity contribution in [3.63, 3.8) is 0 Å². The first-order valence-corrected chi connectivity index (χ1v) is 11.7. The molecule has 1 aromatic carbocycles. The smallest absolute Gasteiger partial charge is 0.407 e. The summed E-state index contributed by atoms with van der Waals surface area (Å²) < 4.78 is 16.3. The first-order valence-electron chi connectivity index (χ1n) is 11.7. The van der Waals surface area contributed by atoms with Crippen LogP contribution in [0.3, 0.4) is 0 Å². The van der Waals surface area contributed by atoms with Gasteiger partial charge in [-0.25, -0.2) is 9.59 Å². The Morgan fingerprint density at radius 2 is 2.15 bits per heavy atom. The van der Waals surface area contributed by atoms with Crippen molar-refractivity contribution in [3.8, 4) is 0 Å². The van der Waals surface area contributed by atoms with Crippen LogP contribution in [-0.4, -0.2) is 61.3 Å². The zero-order valence-corrected chi connectivity index (χ0v) is 19.5. The van der Waals surface area contributed by atoms with E-state index in [0.717, 1.165) is 30.4 Å². The van der Waals surface area contributed by atoms with E-state index in [9.17, 15) is 14.4 Å². The largest absolute Gasteiger partial charge is 0.467 e. The first kappa shape index (κ1) is 24.8. The van der Waals surface area contributed by atoms with Gasteiger partial charge in [0, 0.05) is 13.0 Å². The van der Waals surface area contributed by atoms with Crippen LogP contribution in [0.5, 0.6) is 0 Å². The Hall–Kier alpha value is -2.87. The number of unbranched alkanes of at least 4 members (excludes halogenated alkanes) is 1. The Bertz CT molecular complexity index is 855. The number of methoxy groups -OCH3 is 1. The number of nitrogens with one attached hydrogen (secondary N) is 1. The number of hydrogen-bond acceptors (Lipinski definition) is 6. The van der Waals surface area contributed by atoms with Gasteiger partial charge in [0.2, 0.25) is 5.91 Å². The molecule has 0 spiro atoms. The molecule has 2 heterocycles. The van der Waals surface area contributed by atoms with Gasteiger partial charge in [0.15, 0.2) is 0 Å². The van der Waals surface area contributed by atoms with E-state index in [2.05, 4.69) is 11.4 Å². The number of esters is 1. The number of alkyl carbamates (subject to hydrolysis) is 1. The van der Waals surface area contributed by atoms with Gasteiger partial charge in [-0.1, -0.05) is 50.1 Å². The molecule has 4 bridgehead atoms. The summed E-state index contributed by atoms with van der Waals surface area (Å²) in [7, 11) is 1.31. The Balaban J connectivity index is 1.83. The summed E-state index contributed by atoms with van der Waals surface area (Å²) in [5.41, 5.74) is 2.08. The van der Waals surface area contributed by atoms with Crippen molar-refractivity contribution in [2.75, 3.05) is 20.3 Å². The second-order valence-electron chi connectivity index (χ2n) is 8.46. The van der Waals surface area contributed by atoms with Gasteiger partial charge in [-0.3, -0.25) is 4.79 Å². The molecule has 0 saturated carbocycles. The molecule has 1 fully saturated rings. The lowest BCUT2D eigenvalue weighted by Crippen LogP contribution is -2.52. The van der Waals surface area contributed by atoms with Crippen molar-refractivity contribution in [1.82, 2.24) is 10.2 Å². The number of allylic oxidation sites excluding steroid dienone is 1. The molecule has 0 aliphatic carbocycles. The van der Waals surface area contributed by atoms with Gasteiger partial charge < -0.3 is 24.4 Å². The minimum atomic E-state index is -0.765. The van der Waals surface area contributed by atoms with Gasteiger partial charge in [-0.2, -0.15) is 0 Å². The van der Waals surface area contributed by atoms with E-state index in [0.29, 0.717) is 25.9 Å². The minimum absolute atomic E-state index is 0.259. The van der Waals surface area contributed by atoms with Crippen LogP contribution in [0.2, 0.25) is 0 Å². The van der Waals surface area contributed by atoms with Crippen molar-refractivity contribution in [3.05, 3.63) is 41.5 Å². The summed E-state index contributed by atoms with van der Waals surface area (Å²) in [6.07, 6.45) is 7.05. The highest BCUT2D eigenvalue weighted by atomic mass is 16.5. The second kappa shape index (κ2) is 12.4. The lowest BCUT2D eigenvalue weighted by molar-refractivity contribution is -0.151. The van der Waals surface area contributed by atoms with Crippen LogP contribution < -0.4 is 5.32 Å². The third-order valence-corrected chi connectivity index (χ3v) is 5.95. The SMILES string of the molecule is CCCC[C@@H]1NC(=O)OCCC/C=C\c2cccc(c2)CO[C@@H]2C[C@@H](C(=O)OC)N(C2)C1=O. The molecule has 2 aliphatic heterocycles. The van der Waals surface area contributed by atoms with Crippen LogP contribution >= 0.6 is 0 Å². The number of cyclic esters (lactones) is 1. The van der Waals surface area contributed by atoms with Gasteiger partial charge in [-0.15, -0.1) is 0 Å². The number of carbonyl (C=O) groups is 3. The molecule has 8 heteroatoms. The first-order chi connectivity index (χ1) is 16.0. The number of benzene rings is 1. The minimum Gasteiger partial charge on any atom is -0.467 e. The quantitative estimate of drug-likeness (QED) is 0.695. The van der Waals surface area contributed by atoms with E-state index < -0.39 is 24.1 Å². The molecule has 0 unspecified atom stereocenters.